The number of nitrogens with zero attached hydrogens (tertiary/aromatic N) is 1. The first kappa shape index (κ1) is 16.9. The van der Waals surface area contributed by atoms with Crippen LogP contribution < -0.4 is 0 Å². The van der Waals surface area contributed by atoms with Crippen LogP contribution in [-0.4, -0.2) is 25.8 Å². The van der Waals surface area contributed by atoms with Gasteiger partial charge in [-0.2, -0.15) is 4.31 Å². The molecule has 0 spiro atoms. The van der Waals surface area contributed by atoms with Crippen molar-refractivity contribution in [2.75, 3.05) is 13.1 Å². The molecule has 1 atom stereocenters. The van der Waals surface area contributed by atoms with Gasteiger partial charge in [-0.25, -0.2) is 8.42 Å². The molecule has 0 radical (unpaired) electrons. The molecule has 0 aliphatic rings. The normalized spacial score (nSPS) is 13.0. The third-order valence-corrected chi connectivity index (χ3v) is 5.90. The monoisotopic (exact) mass is 379 g/mol. The SMILES string of the molecule is C=CCN(CC(Br)c1ccccc1)S(=O)(=O)c1ccccc1. The van der Waals surface area contributed by atoms with Gasteiger partial charge >= 0.3 is 0 Å². The maximum atomic E-state index is 12.7. The average molecular weight is 380 g/mol. The highest BCUT2D eigenvalue weighted by atomic mass is 79.9. The summed E-state index contributed by atoms with van der Waals surface area (Å²) in [6.45, 7) is 4.28. The van der Waals surface area contributed by atoms with Crippen LogP contribution in [0.4, 0.5) is 0 Å². The summed E-state index contributed by atoms with van der Waals surface area (Å²) in [6.07, 6.45) is 1.60. The van der Waals surface area contributed by atoms with E-state index in [4.69, 9.17) is 0 Å². The van der Waals surface area contributed by atoms with Gasteiger partial charge in [0.1, 0.15) is 0 Å². The number of hydrogen-bond acceptors (Lipinski definition) is 2. The molecule has 2 rings (SSSR count). The lowest BCUT2D eigenvalue weighted by Gasteiger charge is -2.23. The minimum atomic E-state index is -3.53. The van der Waals surface area contributed by atoms with E-state index in [1.165, 1.54) is 4.31 Å². The second-order valence-corrected chi connectivity index (χ2v) is 7.85. The Hall–Kier alpha value is -1.43. The summed E-state index contributed by atoms with van der Waals surface area (Å²) in [5.74, 6) is 0. The number of halogens is 1. The molecule has 1 unspecified atom stereocenters. The number of hydrogen-bond donors (Lipinski definition) is 0. The van der Waals surface area contributed by atoms with Gasteiger partial charge in [-0.15, -0.1) is 6.58 Å². The lowest BCUT2D eigenvalue weighted by Crippen LogP contribution is -2.33. The van der Waals surface area contributed by atoms with Crippen molar-refractivity contribution in [3.63, 3.8) is 0 Å². The van der Waals surface area contributed by atoms with E-state index in [0.29, 0.717) is 11.4 Å². The fourth-order valence-electron chi connectivity index (χ4n) is 2.10. The van der Waals surface area contributed by atoms with Crippen molar-refractivity contribution < 1.29 is 8.42 Å². The van der Waals surface area contributed by atoms with Gasteiger partial charge in [0.05, 0.1) is 9.72 Å². The summed E-state index contributed by atoms with van der Waals surface area (Å²) in [7, 11) is -3.53. The van der Waals surface area contributed by atoms with Gasteiger partial charge in [0.2, 0.25) is 10.0 Å². The van der Waals surface area contributed by atoms with Crippen molar-refractivity contribution in [3.8, 4) is 0 Å². The Labute approximate surface area is 140 Å². The number of rotatable bonds is 7. The van der Waals surface area contributed by atoms with E-state index in [2.05, 4.69) is 22.5 Å². The van der Waals surface area contributed by atoms with Gasteiger partial charge in [-0.05, 0) is 17.7 Å². The Morgan fingerprint density at radius 2 is 1.59 bits per heavy atom. The van der Waals surface area contributed by atoms with Crippen LogP contribution in [0.3, 0.4) is 0 Å². The summed E-state index contributed by atoms with van der Waals surface area (Å²) in [5, 5.41) is 0. The Balaban J connectivity index is 2.25. The Kier molecular flexibility index (Phi) is 5.94. The number of benzene rings is 2. The second kappa shape index (κ2) is 7.72. The number of sulfonamides is 1. The standard InChI is InChI=1S/C17H18BrNO2S/c1-2-13-19(14-17(18)15-9-5-3-6-10-15)22(20,21)16-11-7-4-8-12-16/h2-12,17H,1,13-14H2. The third-order valence-electron chi connectivity index (χ3n) is 3.24. The molecule has 116 valence electrons. The van der Waals surface area contributed by atoms with Crippen molar-refractivity contribution in [1.29, 1.82) is 0 Å². The molecule has 0 aliphatic heterocycles. The molecule has 0 heterocycles. The van der Waals surface area contributed by atoms with E-state index in [9.17, 15) is 8.42 Å². The molecule has 0 N–H and O–H groups in total. The van der Waals surface area contributed by atoms with Gasteiger partial charge in [0, 0.05) is 13.1 Å². The molecule has 22 heavy (non-hydrogen) atoms. The van der Waals surface area contributed by atoms with E-state index in [1.807, 2.05) is 30.3 Å². The first-order chi connectivity index (χ1) is 10.6. The van der Waals surface area contributed by atoms with Crippen molar-refractivity contribution in [3.05, 3.63) is 78.9 Å². The zero-order valence-electron chi connectivity index (χ0n) is 12.1. The molecule has 0 amide bonds. The third kappa shape index (κ3) is 4.06. The molecule has 0 aromatic heterocycles. The van der Waals surface area contributed by atoms with Crippen LogP contribution >= 0.6 is 15.9 Å². The topological polar surface area (TPSA) is 37.4 Å². The lowest BCUT2D eigenvalue weighted by atomic mass is 10.1. The molecule has 5 heteroatoms. The van der Waals surface area contributed by atoms with Crippen molar-refractivity contribution in [1.82, 2.24) is 4.31 Å². The molecule has 0 aliphatic carbocycles. The van der Waals surface area contributed by atoms with Crippen LogP contribution in [-0.2, 0) is 10.0 Å². The maximum Gasteiger partial charge on any atom is 0.243 e. The molecule has 3 nitrogen and oxygen atoms in total. The first-order valence-electron chi connectivity index (χ1n) is 6.91. The molecule has 0 bridgehead atoms. The zero-order valence-corrected chi connectivity index (χ0v) is 14.5. The fourth-order valence-corrected chi connectivity index (χ4v) is 4.39. The highest BCUT2D eigenvalue weighted by Crippen LogP contribution is 2.26. The van der Waals surface area contributed by atoms with E-state index < -0.39 is 10.0 Å². The second-order valence-electron chi connectivity index (χ2n) is 4.80. The predicted molar refractivity (Wildman–Crippen MR) is 93.5 cm³/mol. The molecular formula is C17H18BrNO2S. The van der Waals surface area contributed by atoms with Crippen LogP contribution in [0.5, 0.6) is 0 Å². The summed E-state index contributed by atoms with van der Waals surface area (Å²) in [4.78, 5) is 0.219. The highest BCUT2D eigenvalue weighted by molar-refractivity contribution is 9.09. The van der Waals surface area contributed by atoms with Crippen molar-refractivity contribution >= 4 is 26.0 Å². The van der Waals surface area contributed by atoms with Crippen LogP contribution in [0.2, 0.25) is 0 Å². The molecule has 0 saturated carbocycles. The first-order valence-corrected chi connectivity index (χ1v) is 9.26. The van der Waals surface area contributed by atoms with Crippen LogP contribution in [0.15, 0.2) is 78.2 Å². The van der Waals surface area contributed by atoms with E-state index in [1.54, 1.807) is 36.4 Å². The van der Waals surface area contributed by atoms with Crippen molar-refractivity contribution in [2.24, 2.45) is 0 Å². The molecule has 2 aromatic rings. The zero-order chi connectivity index (χ0) is 16.0. The summed E-state index contributed by atoms with van der Waals surface area (Å²) in [6, 6.07) is 18.2. The van der Waals surface area contributed by atoms with Gasteiger partial charge < -0.3 is 0 Å². The van der Waals surface area contributed by atoms with E-state index >= 15 is 0 Å². The van der Waals surface area contributed by atoms with Crippen molar-refractivity contribution in [2.45, 2.75) is 9.72 Å². The smallest absolute Gasteiger partial charge is 0.207 e. The average Bonchev–Trinajstić information content (AvgIpc) is 2.56. The van der Waals surface area contributed by atoms with Gasteiger partial charge in [0.25, 0.3) is 0 Å². The minimum absolute atomic E-state index is 0.0767. The molecule has 0 saturated heterocycles. The van der Waals surface area contributed by atoms with Gasteiger partial charge in [0.15, 0.2) is 0 Å². The van der Waals surface area contributed by atoms with Crippen LogP contribution in [0, 0.1) is 0 Å². The largest absolute Gasteiger partial charge is 0.243 e. The summed E-state index contributed by atoms with van der Waals surface area (Å²) >= 11 is 3.58. The minimum Gasteiger partial charge on any atom is -0.207 e. The number of alkyl halides is 1. The summed E-state index contributed by atoms with van der Waals surface area (Å²) in [5.41, 5.74) is 1.04. The Morgan fingerprint density at radius 3 is 2.14 bits per heavy atom. The van der Waals surface area contributed by atoms with E-state index in [-0.39, 0.29) is 11.4 Å². The lowest BCUT2D eigenvalue weighted by molar-refractivity contribution is 0.444. The van der Waals surface area contributed by atoms with E-state index in [0.717, 1.165) is 5.56 Å². The molecular weight excluding hydrogens is 362 g/mol. The highest BCUT2D eigenvalue weighted by Gasteiger charge is 2.25. The molecule has 0 fully saturated rings. The van der Waals surface area contributed by atoms with Crippen LogP contribution in [0.25, 0.3) is 0 Å². The molecule has 2 aromatic carbocycles. The predicted octanol–water partition coefficient (Wildman–Crippen LogP) is 4.00. The van der Waals surface area contributed by atoms with Crippen LogP contribution in [0.1, 0.15) is 10.4 Å². The maximum absolute atomic E-state index is 12.7. The fraction of sp³-hybridized carbons (Fsp3) is 0.176. The van der Waals surface area contributed by atoms with Gasteiger partial charge in [-0.3, -0.25) is 0 Å². The quantitative estimate of drug-likeness (QED) is 0.538. The summed E-state index contributed by atoms with van der Waals surface area (Å²) < 4.78 is 26.9. The Bertz CT molecular complexity index is 702. The Morgan fingerprint density at radius 1 is 1.05 bits per heavy atom. The van der Waals surface area contributed by atoms with Gasteiger partial charge in [-0.1, -0.05) is 70.5 Å².